The smallest absolute Gasteiger partial charge is 0.0253 e. The second kappa shape index (κ2) is 7.36. The number of hydrogen-bond acceptors (Lipinski definition) is 1. The molecule has 0 aliphatic heterocycles. The molecule has 0 atom stereocenters. The zero-order valence-corrected chi connectivity index (χ0v) is 13.0. The van der Waals surface area contributed by atoms with E-state index in [1.807, 2.05) is 0 Å². The summed E-state index contributed by atoms with van der Waals surface area (Å²) < 4.78 is 0. The summed E-state index contributed by atoms with van der Waals surface area (Å²) in [4.78, 5) is 0. The van der Waals surface area contributed by atoms with Crippen molar-refractivity contribution in [2.24, 2.45) is 0 Å². The van der Waals surface area contributed by atoms with Crippen LogP contribution in [-0.2, 0) is 0 Å². The molecular weight excluding hydrogens is 273 g/mol. The van der Waals surface area contributed by atoms with E-state index in [0.717, 1.165) is 19.4 Å². The summed E-state index contributed by atoms with van der Waals surface area (Å²) in [5, 5.41) is 6.55. The molecule has 1 nitrogen and oxygen atoms in total. The predicted octanol–water partition coefficient (Wildman–Crippen LogP) is 3.90. The maximum Gasteiger partial charge on any atom is 0.0253 e. The van der Waals surface area contributed by atoms with E-state index in [9.17, 15) is 0 Å². The van der Waals surface area contributed by atoms with Gasteiger partial charge < -0.3 is 0 Å². The van der Waals surface area contributed by atoms with Crippen molar-refractivity contribution in [1.29, 1.82) is 0 Å². The van der Waals surface area contributed by atoms with Crippen molar-refractivity contribution in [3.8, 4) is 0 Å². The van der Waals surface area contributed by atoms with Gasteiger partial charge in [-0.15, -0.1) is 0 Å². The molecule has 1 N–H and O–H groups in total. The van der Waals surface area contributed by atoms with Crippen LogP contribution in [0.4, 0.5) is 0 Å². The molecule has 0 radical (unpaired) electrons. The van der Waals surface area contributed by atoms with Crippen molar-refractivity contribution in [3.05, 3.63) is 84.5 Å². The molecule has 2 heteroatoms. The maximum absolute atomic E-state index is 3.78. The van der Waals surface area contributed by atoms with Crippen LogP contribution in [0.3, 0.4) is 0 Å². The van der Waals surface area contributed by atoms with Gasteiger partial charge in [-0.1, -0.05) is 84.5 Å². The molecule has 0 unspecified atom stereocenters. The molecule has 0 amide bonds. The van der Waals surface area contributed by atoms with Gasteiger partial charge in [0.05, 0.1) is 0 Å². The maximum atomic E-state index is 3.78. The molecule has 0 aromatic heterocycles. The topological polar surface area (TPSA) is 12.0 Å². The number of nitrogens with one attached hydrogen (secondary N) is 1. The zero-order valence-electron chi connectivity index (χ0n) is 12.1. The molecule has 2 aromatic carbocycles. The monoisotopic (exact) mass is 293 g/mol. The summed E-state index contributed by atoms with van der Waals surface area (Å²) in [6, 6.07) is 21.6. The van der Waals surface area contributed by atoms with E-state index in [0.29, 0.717) is 0 Å². The van der Waals surface area contributed by atoms with Gasteiger partial charge in [-0.2, -0.15) is 0 Å². The minimum atomic E-state index is -0.469. The summed E-state index contributed by atoms with van der Waals surface area (Å²) in [6.45, 7) is 1.03. The third-order valence-corrected chi connectivity index (χ3v) is 5.76. The zero-order chi connectivity index (χ0) is 14.3. The van der Waals surface area contributed by atoms with Gasteiger partial charge in [-0.05, 0) is 23.5 Å². The van der Waals surface area contributed by atoms with Crippen LogP contribution < -0.4 is 15.7 Å². The average Bonchev–Trinajstić information content (AvgIpc) is 3.07. The normalized spacial score (nSPS) is 13.7. The molecule has 0 bridgehead atoms. The van der Waals surface area contributed by atoms with Gasteiger partial charge >= 0.3 is 0 Å². The van der Waals surface area contributed by atoms with E-state index in [1.165, 1.54) is 16.2 Å². The van der Waals surface area contributed by atoms with E-state index in [-0.39, 0.29) is 0 Å². The number of hydrogen-bond donors (Lipinski definition) is 1. The van der Waals surface area contributed by atoms with Crippen molar-refractivity contribution >= 4 is 18.7 Å². The Morgan fingerprint density at radius 2 is 1.48 bits per heavy atom. The first-order valence-electron chi connectivity index (χ1n) is 7.42. The van der Waals surface area contributed by atoms with Gasteiger partial charge in [-0.3, -0.25) is 5.09 Å². The van der Waals surface area contributed by atoms with Crippen molar-refractivity contribution < 1.29 is 0 Å². The van der Waals surface area contributed by atoms with E-state index in [1.54, 1.807) is 0 Å². The average molecular weight is 293 g/mol. The second-order valence-corrected chi connectivity index (χ2v) is 7.14. The van der Waals surface area contributed by atoms with Crippen LogP contribution in [0.15, 0.2) is 84.5 Å². The quantitative estimate of drug-likeness (QED) is 0.797. The molecule has 0 spiro atoms. The van der Waals surface area contributed by atoms with E-state index < -0.39 is 8.07 Å². The summed E-state index contributed by atoms with van der Waals surface area (Å²) in [6.07, 6.45) is 8.88. The Kier molecular flexibility index (Phi) is 4.99. The first kappa shape index (κ1) is 14.3. The highest BCUT2D eigenvalue weighted by Crippen LogP contribution is 2.28. The van der Waals surface area contributed by atoms with Crippen molar-refractivity contribution in [2.45, 2.75) is 12.8 Å². The van der Waals surface area contributed by atoms with Crippen LogP contribution in [0, 0.1) is 0 Å². The summed E-state index contributed by atoms with van der Waals surface area (Å²) in [7, 11) is -0.469. The fourth-order valence-corrected chi connectivity index (χ4v) is 4.43. The Balaban J connectivity index is 1.70. The minimum absolute atomic E-state index is 0.469. The van der Waals surface area contributed by atoms with Gasteiger partial charge in [0.25, 0.3) is 0 Å². The summed E-state index contributed by atoms with van der Waals surface area (Å²) in [5.74, 6) is 0. The number of benzene rings is 2. The van der Waals surface area contributed by atoms with Gasteiger partial charge in [0, 0.05) is 14.6 Å². The first-order valence-corrected chi connectivity index (χ1v) is 8.76. The lowest BCUT2D eigenvalue weighted by Gasteiger charge is -2.20. The number of rotatable bonds is 6. The lowest BCUT2D eigenvalue weighted by atomic mass is 10.2. The van der Waals surface area contributed by atoms with Crippen molar-refractivity contribution in [1.82, 2.24) is 5.09 Å². The van der Waals surface area contributed by atoms with Crippen molar-refractivity contribution in [2.75, 3.05) is 6.54 Å². The Morgan fingerprint density at radius 3 is 2.00 bits per heavy atom. The van der Waals surface area contributed by atoms with Crippen LogP contribution in [0.2, 0.25) is 0 Å². The molecule has 3 rings (SSSR count). The molecule has 1 aliphatic rings. The third-order valence-electron chi connectivity index (χ3n) is 3.59. The largest absolute Gasteiger partial charge is 0.288 e. The lowest BCUT2D eigenvalue weighted by Crippen LogP contribution is -2.24. The first-order chi connectivity index (χ1) is 10.4. The fraction of sp³-hybridized carbons (Fsp3) is 0.158. The number of allylic oxidation sites excluding steroid dienone is 3. The van der Waals surface area contributed by atoms with E-state index >= 15 is 0 Å². The van der Waals surface area contributed by atoms with E-state index in [2.05, 4.69) is 84.0 Å². The van der Waals surface area contributed by atoms with Crippen LogP contribution in [0.5, 0.6) is 0 Å². The summed E-state index contributed by atoms with van der Waals surface area (Å²) >= 11 is 0. The van der Waals surface area contributed by atoms with Gasteiger partial charge in [0.15, 0.2) is 0 Å². The van der Waals surface area contributed by atoms with Gasteiger partial charge in [0.2, 0.25) is 0 Å². The molecule has 21 heavy (non-hydrogen) atoms. The molecule has 2 aromatic rings. The molecule has 0 saturated carbocycles. The van der Waals surface area contributed by atoms with Crippen LogP contribution in [0.1, 0.15) is 12.8 Å². The Hall–Kier alpha value is -1.69. The lowest BCUT2D eigenvalue weighted by molar-refractivity contribution is 0.875. The molecule has 0 saturated heterocycles. The standard InChI is InChI=1S/C19H20NP/c1-3-11-18(12-4-1)21(19-13-5-2-6-14-19)20-16-15-17-9-7-8-10-17/h1-9,11-14,20H,10,15-16H2. The van der Waals surface area contributed by atoms with Gasteiger partial charge in [0.1, 0.15) is 0 Å². The highest BCUT2D eigenvalue weighted by atomic mass is 31.1. The van der Waals surface area contributed by atoms with E-state index in [4.69, 9.17) is 0 Å². The third kappa shape index (κ3) is 3.91. The summed E-state index contributed by atoms with van der Waals surface area (Å²) in [5.41, 5.74) is 1.53. The second-order valence-electron chi connectivity index (χ2n) is 5.12. The molecule has 106 valence electrons. The Labute approximate surface area is 128 Å². The Morgan fingerprint density at radius 1 is 0.857 bits per heavy atom. The molecule has 1 aliphatic carbocycles. The highest BCUT2D eigenvalue weighted by molar-refractivity contribution is 7.71. The van der Waals surface area contributed by atoms with Crippen LogP contribution >= 0.6 is 8.07 Å². The van der Waals surface area contributed by atoms with Crippen LogP contribution in [0.25, 0.3) is 0 Å². The SMILES string of the molecule is C1=CCC(CCNP(c2ccccc2)c2ccccc2)=C1. The molecule has 0 fully saturated rings. The van der Waals surface area contributed by atoms with Gasteiger partial charge in [-0.25, -0.2) is 0 Å². The Bertz CT molecular complexity index is 577. The molecular formula is C19H20NP. The molecule has 0 heterocycles. The van der Waals surface area contributed by atoms with Crippen molar-refractivity contribution in [3.63, 3.8) is 0 Å². The highest BCUT2D eigenvalue weighted by Gasteiger charge is 2.12. The predicted molar refractivity (Wildman–Crippen MR) is 93.5 cm³/mol. The fourth-order valence-electron chi connectivity index (χ4n) is 2.49. The van der Waals surface area contributed by atoms with Crippen LogP contribution in [-0.4, -0.2) is 6.54 Å². The minimum Gasteiger partial charge on any atom is -0.288 e.